The summed E-state index contributed by atoms with van der Waals surface area (Å²) >= 11 is 6.41. The number of carboxylic acids is 1. The topological polar surface area (TPSA) is 103 Å². The second kappa shape index (κ2) is 7.17. The largest absolute Gasteiger partial charge is 0.481 e. The Morgan fingerprint density at radius 3 is 2.90 bits per heavy atom. The van der Waals surface area contributed by atoms with Crippen LogP contribution >= 0.6 is 11.6 Å². The molecule has 148 valence electrons. The lowest BCUT2D eigenvalue weighted by molar-refractivity contribution is -0.139. The van der Waals surface area contributed by atoms with Gasteiger partial charge in [-0.05, 0) is 37.3 Å². The molecule has 0 unspecified atom stereocenters. The number of hydrogen-bond donors (Lipinski definition) is 1. The number of rotatable bonds is 4. The predicted octanol–water partition coefficient (Wildman–Crippen LogP) is 3.51. The molecule has 0 spiro atoms. The third kappa shape index (κ3) is 3.48. The highest BCUT2D eigenvalue weighted by molar-refractivity contribution is 6.33. The zero-order valence-electron chi connectivity index (χ0n) is 15.3. The Hall–Kier alpha value is -2.89. The molecule has 3 aromatic heterocycles. The molecule has 0 amide bonds. The highest BCUT2D eigenvalue weighted by Gasteiger charge is 2.36. The van der Waals surface area contributed by atoms with E-state index in [1.165, 1.54) is 0 Å². The van der Waals surface area contributed by atoms with Crippen LogP contribution < -0.4 is 0 Å². The lowest BCUT2D eigenvalue weighted by Gasteiger charge is -2.20. The number of fused-ring (bicyclic) bond motifs is 1. The molecule has 29 heavy (non-hydrogen) atoms. The standard InChI is InChI=1S/C20H17ClN4O4/c21-17-16-19(23-14(22-17)6-5-11-3-4-11)25(18(24-16)13-2-1-8-28-13)20-12(7-9-29-20)10-15(26)27/h1-2,8,11-12,20H,3-4,7,9-10H2,(H,26,27)/t12-,20-/m1/s1. The van der Waals surface area contributed by atoms with Gasteiger partial charge < -0.3 is 14.3 Å². The van der Waals surface area contributed by atoms with Crippen molar-refractivity contribution < 1.29 is 19.1 Å². The van der Waals surface area contributed by atoms with E-state index in [0.717, 1.165) is 12.8 Å². The average Bonchev–Trinajstić information content (AvgIpc) is 3.07. The summed E-state index contributed by atoms with van der Waals surface area (Å²) in [4.78, 5) is 24.8. The Morgan fingerprint density at radius 1 is 1.31 bits per heavy atom. The fourth-order valence-corrected chi connectivity index (χ4v) is 3.75. The molecule has 1 aliphatic carbocycles. The van der Waals surface area contributed by atoms with Gasteiger partial charge in [0.25, 0.3) is 0 Å². The summed E-state index contributed by atoms with van der Waals surface area (Å²) in [6, 6.07) is 3.52. The molecule has 5 rings (SSSR count). The second-order valence-corrected chi connectivity index (χ2v) is 7.60. The van der Waals surface area contributed by atoms with Gasteiger partial charge in [-0.1, -0.05) is 17.5 Å². The first-order valence-electron chi connectivity index (χ1n) is 9.44. The van der Waals surface area contributed by atoms with Crippen molar-refractivity contribution in [3.05, 3.63) is 29.4 Å². The summed E-state index contributed by atoms with van der Waals surface area (Å²) in [6.45, 7) is 0.451. The van der Waals surface area contributed by atoms with Crippen LogP contribution in [0, 0.1) is 23.7 Å². The van der Waals surface area contributed by atoms with E-state index in [4.69, 9.17) is 20.8 Å². The Morgan fingerprint density at radius 2 is 2.17 bits per heavy atom. The minimum atomic E-state index is -0.877. The van der Waals surface area contributed by atoms with Crippen LogP contribution in [0.15, 0.2) is 22.8 Å². The number of carbonyl (C=O) groups is 1. The Bertz CT molecular complexity index is 1140. The van der Waals surface area contributed by atoms with Crippen LogP contribution in [0.2, 0.25) is 5.15 Å². The van der Waals surface area contributed by atoms with Gasteiger partial charge in [0.15, 0.2) is 22.4 Å². The van der Waals surface area contributed by atoms with Crippen LogP contribution in [0.1, 0.15) is 37.7 Å². The van der Waals surface area contributed by atoms with Crippen LogP contribution in [0.25, 0.3) is 22.7 Å². The van der Waals surface area contributed by atoms with Gasteiger partial charge in [0.2, 0.25) is 5.82 Å². The van der Waals surface area contributed by atoms with Gasteiger partial charge in [-0.3, -0.25) is 9.36 Å². The van der Waals surface area contributed by atoms with E-state index in [9.17, 15) is 9.90 Å². The number of nitrogens with zero attached hydrogens (tertiary/aromatic N) is 4. The fraction of sp³-hybridized carbons (Fsp3) is 0.400. The molecule has 3 aromatic rings. The normalized spacial score (nSPS) is 21.3. The highest BCUT2D eigenvalue weighted by atomic mass is 35.5. The molecule has 1 N–H and O–H groups in total. The quantitative estimate of drug-likeness (QED) is 0.516. The number of aliphatic carboxylic acids is 1. The first kappa shape index (κ1) is 18.2. The van der Waals surface area contributed by atoms with E-state index in [1.807, 2.05) is 0 Å². The van der Waals surface area contributed by atoms with Crippen molar-refractivity contribution in [3.63, 3.8) is 0 Å². The fourth-order valence-electron chi connectivity index (χ4n) is 3.54. The van der Waals surface area contributed by atoms with Crippen molar-refractivity contribution >= 4 is 28.7 Å². The molecule has 0 bridgehead atoms. The van der Waals surface area contributed by atoms with E-state index in [0.29, 0.717) is 47.5 Å². The number of halogens is 1. The smallest absolute Gasteiger partial charge is 0.303 e. The lowest BCUT2D eigenvalue weighted by Crippen LogP contribution is -2.19. The Kier molecular flexibility index (Phi) is 4.49. The molecule has 1 saturated carbocycles. The van der Waals surface area contributed by atoms with Crippen LogP contribution in [0.4, 0.5) is 0 Å². The molecule has 8 nitrogen and oxygen atoms in total. The molecule has 2 fully saturated rings. The number of aromatic nitrogens is 4. The maximum atomic E-state index is 11.3. The molecule has 0 aromatic carbocycles. The molecule has 2 atom stereocenters. The summed E-state index contributed by atoms with van der Waals surface area (Å²) in [5.74, 6) is 6.70. The number of furan rings is 1. The van der Waals surface area contributed by atoms with Crippen molar-refractivity contribution in [2.75, 3.05) is 6.61 Å². The molecule has 1 saturated heterocycles. The highest BCUT2D eigenvalue weighted by Crippen LogP contribution is 2.39. The van der Waals surface area contributed by atoms with Gasteiger partial charge in [0.1, 0.15) is 11.7 Å². The predicted molar refractivity (Wildman–Crippen MR) is 103 cm³/mol. The SMILES string of the molecule is O=C(O)C[C@H]1CCO[C@H]1n1c(-c2ccco2)nc2c(Cl)nc(C#CC3CC3)nc21. The van der Waals surface area contributed by atoms with E-state index in [1.54, 1.807) is 23.0 Å². The first-order valence-corrected chi connectivity index (χ1v) is 9.82. The van der Waals surface area contributed by atoms with Gasteiger partial charge >= 0.3 is 5.97 Å². The van der Waals surface area contributed by atoms with Crippen molar-refractivity contribution in [3.8, 4) is 23.4 Å². The molecule has 9 heteroatoms. The van der Waals surface area contributed by atoms with Gasteiger partial charge in [-0.25, -0.2) is 15.0 Å². The third-order valence-electron chi connectivity index (χ3n) is 5.08. The molecule has 4 heterocycles. The maximum absolute atomic E-state index is 11.3. The molecular formula is C20H17ClN4O4. The average molecular weight is 413 g/mol. The summed E-state index contributed by atoms with van der Waals surface area (Å²) in [7, 11) is 0. The van der Waals surface area contributed by atoms with Crippen LogP contribution in [0.5, 0.6) is 0 Å². The van der Waals surface area contributed by atoms with Crippen LogP contribution in [0.3, 0.4) is 0 Å². The first-order chi connectivity index (χ1) is 14.1. The summed E-state index contributed by atoms with van der Waals surface area (Å²) < 4.78 is 13.2. The van der Waals surface area contributed by atoms with Crippen molar-refractivity contribution in [2.24, 2.45) is 11.8 Å². The summed E-state index contributed by atoms with van der Waals surface area (Å²) in [6.07, 6.45) is 3.79. The molecule has 0 radical (unpaired) electrons. The molecule has 1 aliphatic heterocycles. The van der Waals surface area contributed by atoms with E-state index in [-0.39, 0.29) is 17.5 Å². The zero-order valence-corrected chi connectivity index (χ0v) is 16.1. The number of carboxylic acid groups (broad SMARTS) is 1. The van der Waals surface area contributed by atoms with Crippen LogP contribution in [-0.4, -0.2) is 37.2 Å². The summed E-state index contributed by atoms with van der Waals surface area (Å²) in [5, 5.41) is 9.50. The minimum Gasteiger partial charge on any atom is -0.481 e. The van der Waals surface area contributed by atoms with Gasteiger partial charge in [0, 0.05) is 18.4 Å². The van der Waals surface area contributed by atoms with E-state index in [2.05, 4.69) is 26.8 Å². The maximum Gasteiger partial charge on any atom is 0.303 e. The molecular weight excluding hydrogens is 396 g/mol. The molecule has 2 aliphatic rings. The second-order valence-electron chi connectivity index (χ2n) is 7.24. The Labute approximate surface area is 170 Å². The van der Waals surface area contributed by atoms with E-state index < -0.39 is 12.2 Å². The Balaban J connectivity index is 1.69. The third-order valence-corrected chi connectivity index (χ3v) is 5.34. The minimum absolute atomic E-state index is 0.0188. The van der Waals surface area contributed by atoms with Crippen molar-refractivity contribution in [2.45, 2.75) is 31.9 Å². The van der Waals surface area contributed by atoms with Gasteiger partial charge in [-0.15, -0.1) is 0 Å². The zero-order chi connectivity index (χ0) is 20.0. The summed E-state index contributed by atoms with van der Waals surface area (Å²) in [5.41, 5.74) is 0.860. The van der Waals surface area contributed by atoms with Crippen molar-refractivity contribution in [1.82, 2.24) is 19.5 Å². The monoisotopic (exact) mass is 412 g/mol. The number of hydrogen-bond acceptors (Lipinski definition) is 6. The number of ether oxygens (including phenoxy) is 1. The van der Waals surface area contributed by atoms with Gasteiger partial charge in [-0.2, -0.15) is 0 Å². The van der Waals surface area contributed by atoms with Gasteiger partial charge in [0.05, 0.1) is 12.7 Å². The van der Waals surface area contributed by atoms with Crippen molar-refractivity contribution in [1.29, 1.82) is 0 Å². The van der Waals surface area contributed by atoms with Crippen LogP contribution in [-0.2, 0) is 9.53 Å². The van der Waals surface area contributed by atoms with E-state index >= 15 is 0 Å². The lowest BCUT2D eigenvalue weighted by atomic mass is 10.0. The number of imidazole rings is 1.